The summed E-state index contributed by atoms with van der Waals surface area (Å²) >= 11 is 6.15. The first-order valence-corrected chi connectivity index (χ1v) is 6.41. The number of aromatic nitrogens is 1. The van der Waals surface area contributed by atoms with Crippen molar-refractivity contribution in [3.8, 4) is 0 Å². The summed E-state index contributed by atoms with van der Waals surface area (Å²) in [5, 5.41) is 15.5. The van der Waals surface area contributed by atoms with Crippen LogP contribution in [0.4, 0.5) is 5.69 Å². The summed E-state index contributed by atoms with van der Waals surface area (Å²) in [6.45, 7) is 2.55. The van der Waals surface area contributed by atoms with Gasteiger partial charge in [0.15, 0.2) is 5.84 Å². The molecule has 0 radical (unpaired) electrons. The van der Waals surface area contributed by atoms with Crippen molar-refractivity contribution in [3.63, 3.8) is 0 Å². The van der Waals surface area contributed by atoms with Gasteiger partial charge in [0, 0.05) is 12.7 Å². The summed E-state index contributed by atoms with van der Waals surface area (Å²) in [5.74, 6) is -0.0137. The normalized spacial score (nSPS) is 11.4. The number of rotatable bonds is 4. The molecule has 104 valence electrons. The maximum Gasteiger partial charge on any atom is 0.188 e. The number of oxime groups is 1. The molecule has 1 aromatic heterocycles. The van der Waals surface area contributed by atoms with Gasteiger partial charge in [-0.05, 0) is 42.3 Å². The van der Waals surface area contributed by atoms with E-state index in [9.17, 15) is 0 Å². The summed E-state index contributed by atoms with van der Waals surface area (Å²) in [6, 6.07) is 9.43. The number of pyridine rings is 1. The van der Waals surface area contributed by atoms with Gasteiger partial charge in [-0.15, -0.1) is 0 Å². The highest BCUT2D eigenvalue weighted by molar-refractivity contribution is 6.33. The number of aryl methyl sites for hydroxylation is 1. The average molecular weight is 291 g/mol. The van der Waals surface area contributed by atoms with Crippen molar-refractivity contribution in [2.24, 2.45) is 10.9 Å². The van der Waals surface area contributed by atoms with Crippen molar-refractivity contribution in [1.82, 2.24) is 4.98 Å². The number of hydrogen-bond donors (Lipinski definition) is 3. The van der Waals surface area contributed by atoms with E-state index in [1.165, 1.54) is 0 Å². The molecule has 0 amide bonds. The lowest BCUT2D eigenvalue weighted by atomic mass is 10.2. The van der Waals surface area contributed by atoms with Crippen molar-refractivity contribution in [2.45, 2.75) is 13.5 Å². The first kappa shape index (κ1) is 14.1. The van der Waals surface area contributed by atoms with Crippen LogP contribution in [0.3, 0.4) is 0 Å². The van der Waals surface area contributed by atoms with Gasteiger partial charge in [-0.1, -0.05) is 22.8 Å². The molecule has 1 heterocycles. The number of halogens is 1. The molecule has 0 aliphatic heterocycles. The van der Waals surface area contributed by atoms with Crippen LogP contribution in [-0.4, -0.2) is 16.0 Å². The van der Waals surface area contributed by atoms with E-state index in [0.29, 0.717) is 17.3 Å². The molecule has 0 atom stereocenters. The quantitative estimate of drug-likeness (QED) is 0.350. The Morgan fingerprint density at radius 2 is 2.20 bits per heavy atom. The third-order valence-electron chi connectivity index (χ3n) is 2.80. The highest BCUT2D eigenvalue weighted by Gasteiger charge is 2.04. The minimum absolute atomic E-state index is 0.0137. The molecule has 0 spiro atoms. The number of nitrogens with one attached hydrogen (secondary N) is 1. The third kappa shape index (κ3) is 3.39. The maximum absolute atomic E-state index is 8.64. The first-order valence-electron chi connectivity index (χ1n) is 6.03. The molecule has 0 fully saturated rings. The Bertz CT molecular complexity index is 643. The minimum atomic E-state index is -0.0137. The van der Waals surface area contributed by atoms with Crippen LogP contribution in [0.15, 0.2) is 41.7 Å². The van der Waals surface area contributed by atoms with Crippen molar-refractivity contribution in [2.75, 3.05) is 5.32 Å². The van der Waals surface area contributed by atoms with E-state index in [1.54, 1.807) is 12.3 Å². The van der Waals surface area contributed by atoms with Gasteiger partial charge in [0.05, 0.1) is 10.7 Å². The van der Waals surface area contributed by atoms with E-state index >= 15 is 0 Å². The van der Waals surface area contributed by atoms with Gasteiger partial charge in [0.2, 0.25) is 0 Å². The van der Waals surface area contributed by atoms with Crippen LogP contribution in [0.1, 0.15) is 16.8 Å². The Morgan fingerprint density at radius 1 is 1.40 bits per heavy atom. The Labute approximate surface area is 122 Å². The first-order chi connectivity index (χ1) is 9.60. The molecule has 4 N–H and O–H groups in total. The number of amidine groups is 1. The van der Waals surface area contributed by atoms with Crippen LogP contribution >= 0.6 is 11.6 Å². The number of anilines is 1. The summed E-state index contributed by atoms with van der Waals surface area (Å²) in [4.78, 5) is 4.02. The van der Waals surface area contributed by atoms with Crippen LogP contribution < -0.4 is 11.1 Å². The Morgan fingerprint density at radius 3 is 2.90 bits per heavy atom. The molecular formula is C14H15ClN4O. The molecule has 6 heteroatoms. The van der Waals surface area contributed by atoms with Gasteiger partial charge in [0.25, 0.3) is 0 Å². The molecule has 20 heavy (non-hydrogen) atoms. The second-order valence-electron chi connectivity index (χ2n) is 4.37. The van der Waals surface area contributed by atoms with E-state index in [0.717, 1.165) is 16.8 Å². The van der Waals surface area contributed by atoms with E-state index < -0.39 is 0 Å². The average Bonchev–Trinajstić information content (AvgIpc) is 2.46. The van der Waals surface area contributed by atoms with Gasteiger partial charge in [-0.3, -0.25) is 4.98 Å². The SMILES string of the molecule is Cc1ccc(NCc2ccnc(C(N)=NO)c2)c(Cl)c1. The number of hydrogen-bond acceptors (Lipinski definition) is 4. The predicted molar refractivity (Wildman–Crippen MR) is 80.3 cm³/mol. The number of benzene rings is 1. The zero-order valence-corrected chi connectivity index (χ0v) is 11.7. The number of nitrogens with zero attached hydrogens (tertiary/aromatic N) is 2. The Balaban J connectivity index is 2.11. The van der Waals surface area contributed by atoms with Crippen LogP contribution in [0.25, 0.3) is 0 Å². The Kier molecular flexibility index (Phi) is 4.42. The summed E-state index contributed by atoms with van der Waals surface area (Å²) < 4.78 is 0. The molecule has 0 bridgehead atoms. The monoisotopic (exact) mass is 290 g/mol. The van der Waals surface area contributed by atoms with Gasteiger partial charge in [-0.25, -0.2) is 0 Å². The molecule has 0 aliphatic rings. The van der Waals surface area contributed by atoms with Crippen molar-refractivity contribution < 1.29 is 5.21 Å². The van der Waals surface area contributed by atoms with Crippen LogP contribution in [-0.2, 0) is 6.54 Å². The van der Waals surface area contributed by atoms with Gasteiger partial charge < -0.3 is 16.3 Å². The molecular weight excluding hydrogens is 276 g/mol. The molecule has 1 aromatic carbocycles. The molecule has 0 unspecified atom stereocenters. The second-order valence-corrected chi connectivity index (χ2v) is 4.78. The second kappa shape index (κ2) is 6.25. The summed E-state index contributed by atoms with van der Waals surface area (Å²) in [6.07, 6.45) is 1.61. The van der Waals surface area contributed by atoms with Crippen molar-refractivity contribution >= 4 is 23.1 Å². The predicted octanol–water partition coefficient (Wildman–Crippen LogP) is 2.75. The fourth-order valence-electron chi connectivity index (χ4n) is 1.74. The van der Waals surface area contributed by atoms with Crippen molar-refractivity contribution in [3.05, 3.63) is 58.4 Å². The summed E-state index contributed by atoms with van der Waals surface area (Å²) in [7, 11) is 0. The highest BCUT2D eigenvalue weighted by Crippen LogP contribution is 2.23. The lowest BCUT2D eigenvalue weighted by molar-refractivity contribution is 0.318. The standard InChI is InChI=1S/C14H15ClN4O/c1-9-2-3-12(11(15)6-9)18-8-10-4-5-17-13(7-10)14(16)19-20/h2-7,18,20H,8H2,1H3,(H2,16,19). The van der Waals surface area contributed by atoms with Gasteiger partial charge >= 0.3 is 0 Å². The zero-order valence-electron chi connectivity index (χ0n) is 11.0. The third-order valence-corrected chi connectivity index (χ3v) is 3.11. The topological polar surface area (TPSA) is 83.5 Å². The van der Waals surface area contributed by atoms with E-state index in [-0.39, 0.29) is 5.84 Å². The zero-order chi connectivity index (χ0) is 14.5. The minimum Gasteiger partial charge on any atom is -0.409 e. The van der Waals surface area contributed by atoms with Crippen LogP contribution in [0.2, 0.25) is 5.02 Å². The smallest absolute Gasteiger partial charge is 0.188 e. The largest absolute Gasteiger partial charge is 0.409 e. The van der Waals surface area contributed by atoms with Gasteiger partial charge in [0.1, 0.15) is 5.69 Å². The molecule has 0 saturated heterocycles. The molecule has 2 aromatic rings. The Hall–Kier alpha value is -2.27. The summed E-state index contributed by atoms with van der Waals surface area (Å²) in [5.41, 5.74) is 8.87. The fraction of sp³-hybridized carbons (Fsp3) is 0.143. The van der Waals surface area contributed by atoms with E-state index in [1.807, 2.05) is 31.2 Å². The molecule has 5 nitrogen and oxygen atoms in total. The lowest BCUT2D eigenvalue weighted by Crippen LogP contribution is -2.15. The van der Waals surface area contributed by atoms with Crippen LogP contribution in [0.5, 0.6) is 0 Å². The molecule has 0 aliphatic carbocycles. The molecule has 0 saturated carbocycles. The highest BCUT2D eigenvalue weighted by atomic mass is 35.5. The lowest BCUT2D eigenvalue weighted by Gasteiger charge is -2.09. The number of nitrogens with two attached hydrogens (primary N) is 1. The maximum atomic E-state index is 8.64. The van der Waals surface area contributed by atoms with Crippen molar-refractivity contribution in [1.29, 1.82) is 0 Å². The van der Waals surface area contributed by atoms with E-state index in [2.05, 4.69) is 15.5 Å². The fourth-order valence-corrected chi connectivity index (χ4v) is 2.04. The molecule has 2 rings (SSSR count). The van der Waals surface area contributed by atoms with Crippen LogP contribution in [0, 0.1) is 6.92 Å². The van der Waals surface area contributed by atoms with E-state index in [4.69, 9.17) is 22.5 Å². The van der Waals surface area contributed by atoms with Gasteiger partial charge in [-0.2, -0.15) is 0 Å².